The van der Waals surface area contributed by atoms with E-state index in [1.54, 1.807) is 37.6 Å². The van der Waals surface area contributed by atoms with Crippen molar-refractivity contribution >= 4 is 41.3 Å². The average molecular weight is 635 g/mol. The number of nitrogens with one attached hydrogen (secondary N) is 1. The van der Waals surface area contributed by atoms with Gasteiger partial charge in [-0.05, 0) is 43.2 Å². The number of nitrogens with zero attached hydrogens (tertiary/aromatic N) is 3. The van der Waals surface area contributed by atoms with E-state index in [1.165, 1.54) is 12.1 Å². The summed E-state index contributed by atoms with van der Waals surface area (Å²) in [6.07, 6.45) is 2.43. The van der Waals surface area contributed by atoms with Gasteiger partial charge in [0.15, 0.2) is 23.1 Å². The van der Waals surface area contributed by atoms with Gasteiger partial charge in [0.2, 0.25) is 5.91 Å². The second-order valence-corrected chi connectivity index (χ2v) is 10.9. The summed E-state index contributed by atoms with van der Waals surface area (Å²) in [4.78, 5) is 31.8. The molecule has 5 rings (SSSR count). The van der Waals surface area contributed by atoms with Crippen molar-refractivity contribution in [2.24, 2.45) is 0 Å². The van der Waals surface area contributed by atoms with E-state index >= 15 is 4.39 Å². The number of aryl methyl sites for hydroxylation is 1. The third-order valence-electron chi connectivity index (χ3n) is 7.23. The van der Waals surface area contributed by atoms with Crippen molar-refractivity contribution in [3.63, 3.8) is 0 Å². The van der Waals surface area contributed by atoms with E-state index in [4.69, 9.17) is 18.9 Å². The smallest absolute Gasteiger partial charge is 0.338 e. The number of amides is 3. The molecule has 1 aliphatic rings. The molecular weight excluding hydrogens is 599 g/mol. The van der Waals surface area contributed by atoms with Crippen LogP contribution in [0.15, 0.2) is 66.9 Å². The monoisotopic (exact) mass is 634 g/mol. The minimum atomic E-state index is -0.810. The number of fused-ring (bicyclic) bond motifs is 1. The second kappa shape index (κ2) is 15.1. The molecule has 0 radical (unpaired) electrons. The van der Waals surface area contributed by atoms with E-state index in [0.29, 0.717) is 34.8 Å². The Morgan fingerprint density at radius 1 is 1.04 bits per heavy atom. The Balaban J connectivity index is 1.23. The van der Waals surface area contributed by atoms with Gasteiger partial charge in [0.25, 0.3) is 0 Å². The van der Waals surface area contributed by atoms with Gasteiger partial charge < -0.3 is 18.9 Å². The van der Waals surface area contributed by atoms with E-state index < -0.39 is 17.8 Å². The van der Waals surface area contributed by atoms with E-state index in [-0.39, 0.29) is 17.9 Å². The number of hydrogen-bond acceptors (Lipinski definition) is 9. The number of urea groups is 1. The highest BCUT2D eigenvalue weighted by molar-refractivity contribution is 7.82. The molecule has 1 fully saturated rings. The molecule has 4 aromatic rings. The van der Waals surface area contributed by atoms with Crippen LogP contribution in [0.1, 0.15) is 17.5 Å². The molecule has 1 aliphatic heterocycles. The van der Waals surface area contributed by atoms with Crippen LogP contribution < -0.4 is 23.8 Å². The number of rotatable bonds is 11. The molecule has 0 spiro atoms. The Kier molecular flexibility index (Phi) is 10.7. The lowest BCUT2D eigenvalue weighted by molar-refractivity contribution is -0.119. The van der Waals surface area contributed by atoms with Crippen LogP contribution in [0, 0.1) is 12.7 Å². The van der Waals surface area contributed by atoms with Gasteiger partial charge in [0, 0.05) is 43.4 Å². The van der Waals surface area contributed by atoms with Crippen LogP contribution in [-0.2, 0) is 16.0 Å². The normalized spacial score (nSPS) is 13.3. The molecule has 3 amide bonds. The van der Waals surface area contributed by atoms with Crippen LogP contribution >= 0.6 is 12.8 Å². The van der Waals surface area contributed by atoms with Crippen LogP contribution in [0.5, 0.6) is 23.0 Å². The lowest BCUT2D eigenvalue weighted by Gasteiger charge is -2.26. The zero-order chi connectivity index (χ0) is 31.8. The molecule has 0 unspecified atom stereocenters. The molecule has 1 saturated heterocycles. The average Bonchev–Trinajstić information content (AvgIpc) is 3.03. The van der Waals surface area contributed by atoms with Crippen molar-refractivity contribution in [3.05, 3.63) is 83.8 Å². The van der Waals surface area contributed by atoms with Gasteiger partial charge in [-0.25, -0.2) is 13.5 Å². The van der Waals surface area contributed by atoms with Crippen molar-refractivity contribution in [1.29, 1.82) is 0 Å². The van der Waals surface area contributed by atoms with Crippen molar-refractivity contribution in [1.82, 2.24) is 15.2 Å². The van der Waals surface area contributed by atoms with Gasteiger partial charge >= 0.3 is 6.03 Å². The van der Waals surface area contributed by atoms with Gasteiger partial charge in [0.1, 0.15) is 5.75 Å². The maximum Gasteiger partial charge on any atom is 0.338 e. The summed E-state index contributed by atoms with van der Waals surface area (Å²) in [5, 5.41) is 2.87. The number of carbonyl (C=O) groups excluding carboxylic acids is 2. The zero-order valence-corrected chi connectivity index (χ0v) is 26.0. The lowest BCUT2D eigenvalue weighted by atomic mass is 10.1. The standard InChI is InChI=1S/C33H35FN4O6S/c1-22-5-3-6-23(17-22)18-32(39)36-33(40)38(45)24-7-8-29(26(34)19-24)44-28-9-10-35-27-21-31(30(41-2)20-25(27)28)43-14-4-11-37-12-15-42-16-13-37/h3,5-10,17,19-21,45H,4,11-16,18H2,1-2H3,(H,36,39,40). The Bertz CT molecular complexity index is 1670. The van der Waals surface area contributed by atoms with Gasteiger partial charge in [-0.2, -0.15) is 0 Å². The van der Waals surface area contributed by atoms with Gasteiger partial charge in [0.05, 0.1) is 44.6 Å². The number of pyridine rings is 1. The first-order chi connectivity index (χ1) is 21.8. The second-order valence-electron chi connectivity index (χ2n) is 10.5. The molecule has 0 saturated carbocycles. The molecule has 3 aromatic carbocycles. The van der Waals surface area contributed by atoms with Crippen molar-refractivity contribution in [2.45, 2.75) is 19.8 Å². The molecule has 236 valence electrons. The Labute approximate surface area is 266 Å². The van der Waals surface area contributed by atoms with E-state index in [0.717, 1.165) is 60.8 Å². The molecule has 0 atom stereocenters. The summed E-state index contributed by atoms with van der Waals surface area (Å²) in [6, 6.07) is 15.7. The molecule has 0 bridgehead atoms. The van der Waals surface area contributed by atoms with E-state index in [1.807, 2.05) is 25.1 Å². The fourth-order valence-corrected chi connectivity index (χ4v) is 5.12. The summed E-state index contributed by atoms with van der Waals surface area (Å²) >= 11 is 4.17. The highest BCUT2D eigenvalue weighted by Gasteiger charge is 2.19. The quantitative estimate of drug-likeness (QED) is 0.160. The van der Waals surface area contributed by atoms with Crippen LogP contribution in [0.3, 0.4) is 0 Å². The summed E-state index contributed by atoms with van der Waals surface area (Å²) < 4.78 is 39.0. The number of thiol groups is 1. The molecular formula is C33H35FN4O6S. The lowest BCUT2D eigenvalue weighted by Crippen LogP contribution is -2.39. The topological polar surface area (TPSA) is 102 Å². The SMILES string of the molecule is COc1cc2c(Oc3ccc(N(S)C(=O)NC(=O)Cc4cccc(C)c4)cc3F)ccnc2cc1OCCCN1CCOCC1. The maximum absolute atomic E-state index is 15.2. The molecule has 10 nitrogen and oxygen atoms in total. The third kappa shape index (κ3) is 8.41. The highest BCUT2D eigenvalue weighted by Crippen LogP contribution is 2.38. The minimum absolute atomic E-state index is 0.0173. The van der Waals surface area contributed by atoms with E-state index in [9.17, 15) is 9.59 Å². The minimum Gasteiger partial charge on any atom is -0.493 e. The van der Waals surface area contributed by atoms with Crippen molar-refractivity contribution < 1.29 is 32.9 Å². The summed E-state index contributed by atoms with van der Waals surface area (Å²) in [7, 11) is 1.55. The van der Waals surface area contributed by atoms with Crippen LogP contribution in [0.25, 0.3) is 10.9 Å². The fourth-order valence-electron chi connectivity index (χ4n) is 4.95. The molecule has 0 aliphatic carbocycles. The molecule has 12 heteroatoms. The van der Waals surface area contributed by atoms with Crippen LogP contribution in [0.2, 0.25) is 0 Å². The number of methoxy groups -OCH3 is 1. The largest absolute Gasteiger partial charge is 0.493 e. The molecule has 1 aromatic heterocycles. The number of anilines is 1. The Morgan fingerprint density at radius 3 is 2.62 bits per heavy atom. The predicted molar refractivity (Wildman–Crippen MR) is 172 cm³/mol. The number of ether oxygens (including phenoxy) is 4. The number of benzene rings is 3. The first-order valence-corrected chi connectivity index (χ1v) is 15.0. The zero-order valence-electron chi connectivity index (χ0n) is 25.1. The van der Waals surface area contributed by atoms with Crippen molar-refractivity contribution in [2.75, 3.05) is 50.9 Å². The first-order valence-electron chi connectivity index (χ1n) is 14.6. The third-order valence-corrected chi connectivity index (χ3v) is 7.65. The number of carbonyl (C=O) groups is 2. The Morgan fingerprint density at radius 2 is 1.87 bits per heavy atom. The number of halogens is 1. The summed E-state index contributed by atoms with van der Waals surface area (Å²) in [5.41, 5.74) is 2.47. The van der Waals surface area contributed by atoms with E-state index in [2.05, 4.69) is 28.0 Å². The number of morpholine rings is 1. The fraction of sp³-hybridized carbons (Fsp3) is 0.303. The number of hydrogen-bond donors (Lipinski definition) is 2. The van der Waals surface area contributed by atoms with Crippen LogP contribution in [0.4, 0.5) is 14.9 Å². The number of aromatic nitrogens is 1. The van der Waals surface area contributed by atoms with Gasteiger partial charge in [-0.1, -0.05) is 42.6 Å². The molecule has 45 heavy (non-hydrogen) atoms. The Hall–Kier alpha value is -4.39. The first kappa shape index (κ1) is 32.0. The van der Waals surface area contributed by atoms with Gasteiger partial charge in [-0.15, -0.1) is 0 Å². The summed E-state index contributed by atoms with van der Waals surface area (Å²) in [6.45, 7) is 6.70. The van der Waals surface area contributed by atoms with Crippen molar-refractivity contribution in [3.8, 4) is 23.0 Å². The molecule has 1 N–H and O–H groups in total. The van der Waals surface area contributed by atoms with Crippen LogP contribution in [-0.4, -0.2) is 68.4 Å². The molecule has 2 heterocycles. The number of imide groups is 1. The summed E-state index contributed by atoms with van der Waals surface area (Å²) in [5.74, 6) is 0.0828. The highest BCUT2D eigenvalue weighted by atomic mass is 32.1. The predicted octanol–water partition coefficient (Wildman–Crippen LogP) is 5.71. The van der Waals surface area contributed by atoms with Gasteiger partial charge in [-0.3, -0.25) is 20.0 Å². The maximum atomic E-state index is 15.2.